The van der Waals surface area contributed by atoms with Crippen LogP contribution < -0.4 is 5.56 Å². The molecule has 4 heterocycles. The number of ether oxygens (including phenoxy) is 1. The standard InChI is InChI=1S/C22H25FN6O2/c1-22(2,3)18-12-29(26-25-18)20-19-21(30)27(11-15-6-4-5-9-31-15)17-10-14(23)7-8-16(17)28(19)13-24-20/h7-8,10,12-13,15H,4-6,9,11H2,1-3H3. The number of fused-ring (bicyclic) bond motifs is 3. The van der Waals surface area contributed by atoms with Crippen molar-refractivity contribution >= 4 is 16.6 Å². The average Bonchev–Trinajstić information content (AvgIpc) is 3.39. The molecule has 0 N–H and O–H groups in total. The van der Waals surface area contributed by atoms with E-state index in [4.69, 9.17) is 4.74 Å². The molecule has 1 unspecified atom stereocenters. The van der Waals surface area contributed by atoms with E-state index in [1.54, 1.807) is 27.6 Å². The van der Waals surface area contributed by atoms with Gasteiger partial charge in [-0.05, 0) is 37.5 Å². The molecule has 31 heavy (non-hydrogen) atoms. The molecule has 162 valence electrons. The molecule has 8 nitrogen and oxygen atoms in total. The van der Waals surface area contributed by atoms with Crippen LogP contribution in [0.2, 0.25) is 0 Å². The third kappa shape index (κ3) is 3.42. The SMILES string of the molecule is CC(C)(C)c1cn(-c2ncn3c2c(=O)n(CC2CCCCO2)c2cc(F)ccc23)nn1. The van der Waals surface area contributed by atoms with E-state index in [0.717, 1.165) is 25.0 Å². The van der Waals surface area contributed by atoms with Gasteiger partial charge in [0.2, 0.25) is 0 Å². The largest absolute Gasteiger partial charge is 0.376 e. The van der Waals surface area contributed by atoms with E-state index in [0.29, 0.717) is 35.5 Å². The van der Waals surface area contributed by atoms with Gasteiger partial charge in [-0.1, -0.05) is 26.0 Å². The summed E-state index contributed by atoms with van der Waals surface area (Å²) in [7, 11) is 0. The van der Waals surface area contributed by atoms with Gasteiger partial charge in [-0.2, -0.15) is 4.68 Å². The van der Waals surface area contributed by atoms with Crippen molar-refractivity contribution in [2.24, 2.45) is 0 Å². The van der Waals surface area contributed by atoms with E-state index < -0.39 is 5.82 Å². The quantitative estimate of drug-likeness (QED) is 0.505. The highest BCUT2D eigenvalue weighted by molar-refractivity contribution is 5.81. The number of aromatic nitrogens is 6. The number of imidazole rings is 1. The van der Waals surface area contributed by atoms with Gasteiger partial charge in [-0.25, -0.2) is 9.37 Å². The summed E-state index contributed by atoms with van der Waals surface area (Å²) < 4.78 is 24.8. The summed E-state index contributed by atoms with van der Waals surface area (Å²) in [5.74, 6) is 0.00790. The van der Waals surface area contributed by atoms with Crippen molar-refractivity contribution in [1.29, 1.82) is 0 Å². The lowest BCUT2D eigenvalue weighted by atomic mass is 9.93. The molecule has 1 saturated heterocycles. The Hall–Kier alpha value is -3.07. The minimum Gasteiger partial charge on any atom is -0.376 e. The summed E-state index contributed by atoms with van der Waals surface area (Å²) >= 11 is 0. The van der Waals surface area contributed by atoms with Crippen molar-refractivity contribution in [2.75, 3.05) is 6.61 Å². The monoisotopic (exact) mass is 424 g/mol. The van der Waals surface area contributed by atoms with Gasteiger partial charge >= 0.3 is 0 Å². The van der Waals surface area contributed by atoms with E-state index in [9.17, 15) is 9.18 Å². The lowest BCUT2D eigenvalue weighted by Gasteiger charge is -2.24. The van der Waals surface area contributed by atoms with Gasteiger partial charge < -0.3 is 9.30 Å². The van der Waals surface area contributed by atoms with Crippen LogP contribution in [0.25, 0.3) is 22.4 Å². The highest BCUT2D eigenvalue weighted by Gasteiger charge is 2.23. The highest BCUT2D eigenvalue weighted by atomic mass is 19.1. The Balaban J connectivity index is 1.73. The maximum atomic E-state index is 14.1. The zero-order valence-corrected chi connectivity index (χ0v) is 17.9. The summed E-state index contributed by atoms with van der Waals surface area (Å²) in [4.78, 5) is 18.1. The van der Waals surface area contributed by atoms with Crippen molar-refractivity contribution in [3.63, 3.8) is 0 Å². The first-order valence-electron chi connectivity index (χ1n) is 10.6. The molecule has 1 atom stereocenters. The Kier molecular flexibility index (Phi) is 4.65. The number of benzene rings is 1. The number of halogens is 1. The summed E-state index contributed by atoms with van der Waals surface area (Å²) in [6, 6.07) is 4.45. The van der Waals surface area contributed by atoms with Crippen LogP contribution in [-0.2, 0) is 16.7 Å². The van der Waals surface area contributed by atoms with Crippen LogP contribution in [0.15, 0.2) is 35.5 Å². The Morgan fingerprint density at radius 2 is 2.06 bits per heavy atom. The van der Waals surface area contributed by atoms with Crippen molar-refractivity contribution in [1.82, 2.24) is 28.9 Å². The number of hydrogen-bond donors (Lipinski definition) is 0. The zero-order chi connectivity index (χ0) is 21.8. The van der Waals surface area contributed by atoms with Crippen molar-refractivity contribution in [2.45, 2.75) is 58.1 Å². The second-order valence-corrected chi connectivity index (χ2v) is 9.12. The second kappa shape index (κ2) is 7.26. The van der Waals surface area contributed by atoms with E-state index >= 15 is 0 Å². The first kappa shape index (κ1) is 19.9. The molecule has 1 aliphatic rings. The zero-order valence-electron chi connectivity index (χ0n) is 17.9. The molecule has 0 aliphatic carbocycles. The molecular formula is C22H25FN6O2. The molecule has 3 aromatic heterocycles. The molecule has 5 rings (SSSR count). The van der Waals surface area contributed by atoms with Crippen LogP contribution in [0, 0.1) is 5.82 Å². The molecule has 4 aromatic rings. The smallest absolute Gasteiger partial charge is 0.279 e. The summed E-state index contributed by atoms with van der Waals surface area (Å²) in [6.45, 7) is 7.19. The van der Waals surface area contributed by atoms with Crippen LogP contribution in [0.4, 0.5) is 4.39 Å². The van der Waals surface area contributed by atoms with Gasteiger partial charge in [-0.15, -0.1) is 5.10 Å². The maximum Gasteiger partial charge on any atom is 0.279 e. The second-order valence-electron chi connectivity index (χ2n) is 9.12. The lowest BCUT2D eigenvalue weighted by molar-refractivity contribution is 0.00619. The van der Waals surface area contributed by atoms with Crippen LogP contribution in [0.3, 0.4) is 0 Å². The molecule has 1 fully saturated rings. The molecule has 0 spiro atoms. The molecule has 0 saturated carbocycles. The predicted molar refractivity (Wildman–Crippen MR) is 114 cm³/mol. The Labute approximate surface area is 178 Å². The van der Waals surface area contributed by atoms with Crippen LogP contribution >= 0.6 is 0 Å². The Morgan fingerprint density at radius 3 is 2.77 bits per heavy atom. The van der Waals surface area contributed by atoms with E-state index in [-0.39, 0.29) is 17.1 Å². The summed E-state index contributed by atoms with van der Waals surface area (Å²) in [6.07, 6.45) is 6.25. The van der Waals surface area contributed by atoms with Gasteiger partial charge in [0.15, 0.2) is 11.3 Å². The van der Waals surface area contributed by atoms with E-state index in [1.165, 1.54) is 16.8 Å². The third-order valence-corrected chi connectivity index (χ3v) is 5.82. The number of hydrogen-bond acceptors (Lipinski definition) is 5. The van der Waals surface area contributed by atoms with Gasteiger partial charge in [0, 0.05) is 12.0 Å². The topological polar surface area (TPSA) is 79.2 Å². The van der Waals surface area contributed by atoms with E-state index in [1.807, 2.05) is 20.8 Å². The third-order valence-electron chi connectivity index (χ3n) is 5.82. The minimum atomic E-state index is -0.393. The van der Waals surface area contributed by atoms with Gasteiger partial charge in [0.1, 0.15) is 12.1 Å². The fourth-order valence-electron chi connectivity index (χ4n) is 4.09. The van der Waals surface area contributed by atoms with Crippen molar-refractivity contribution < 1.29 is 9.13 Å². The van der Waals surface area contributed by atoms with Crippen LogP contribution in [-0.4, -0.2) is 41.7 Å². The first-order valence-corrected chi connectivity index (χ1v) is 10.6. The summed E-state index contributed by atoms with van der Waals surface area (Å²) in [5, 5.41) is 8.47. The van der Waals surface area contributed by atoms with Gasteiger partial charge in [-0.3, -0.25) is 9.20 Å². The molecule has 9 heteroatoms. The molecule has 1 aliphatic heterocycles. The fraction of sp³-hybridized carbons (Fsp3) is 0.455. The van der Waals surface area contributed by atoms with Gasteiger partial charge in [0.05, 0.1) is 35.6 Å². The minimum absolute atomic E-state index is 0.0781. The normalized spacial score (nSPS) is 17.6. The molecule has 0 amide bonds. The number of nitrogens with zero attached hydrogens (tertiary/aromatic N) is 6. The highest BCUT2D eigenvalue weighted by Crippen LogP contribution is 2.24. The first-order chi connectivity index (χ1) is 14.8. The maximum absolute atomic E-state index is 14.1. The molecular weight excluding hydrogens is 399 g/mol. The summed E-state index contributed by atoms with van der Waals surface area (Å²) in [5.41, 5.74) is 1.95. The van der Waals surface area contributed by atoms with Crippen molar-refractivity contribution in [3.05, 3.63) is 52.6 Å². The predicted octanol–water partition coefficient (Wildman–Crippen LogP) is 3.24. The van der Waals surface area contributed by atoms with Crippen molar-refractivity contribution in [3.8, 4) is 5.82 Å². The molecule has 1 aromatic carbocycles. The fourth-order valence-corrected chi connectivity index (χ4v) is 4.09. The lowest BCUT2D eigenvalue weighted by Crippen LogP contribution is -2.32. The molecule has 0 bridgehead atoms. The van der Waals surface area contributed by atoms with Gasteiger partial charge in [0.25, 0.3) is 5.56 Å². The average molecular weight is 424 g/mol. The number of rotatable bonds is 3. The Morgan fingerprint density at radius 1 is 1.23 bits per heavy atom. The van der Waals surface area contributed by atoms with E-state index in [2.05, 4.69) is 15.3 Å². The Bertz CT molecular complexity index is 1320. The van der Waals surface area contributed by atoms with Crippen LogP contribution in [0.1, 0.15) is 45.7 Å². The van der Waals surface area contributed by atoms with Crippen LogP contribution in [0.5, 0.6) is 0 Å². The molecule has 0 radical (unpaired) electrons.